The molecule has 0 unspecified atom stereocenters. The number of benzene rings is 3. The van der Waals surface area contributed by atoms with Gasteiger partial charge in [0.15, 0.2) is 5.60 Å². The van der Waals surface area contributed by atoms with E-state index in [4.69, 9.17) is 0 Å². The van der Waals surface area contributed by atoms with E-state index in [1.54, 1.807) is 11.8 Å². The Labute approximate surface area is 140 Å². The molecule has 0 bridgehead atoms. The van der Waals surface area contributed by atoms with Crippen LogP contribution >= 0.6 is 11.8 Å². The average molecular weight is 314 g/mol. The van der Waals surface area contributed by atoms with Crippen molar-refractivity contribution in [2.45, 2.75) is 15.4 Å². The molecule has 3 aromatic carbocycles. The fourth-order valence-corrected chi connectivity index (χ4v) is 3.97. The second-order valence-electron chi connectivity index (χ2n) is 5.42. The Kier molecular flexibility index (Phi) is 3.46. The van der Waals surface area contributed by atoms with Gasteiger partial charge in [-0.25, -0.2) is 0 Å². The van der Waals surface area contributed by atoms with Crippen LogP contribution in [-0.2, 0) is 5.60 Å². The van der Waals surface area contributed by atoms with Crippen molar-refractivity contribution in [3.63, 3.8) is 0 Å². The van der Waals surface area contributed by atoms with E-state index in [9.17, 15) is 5.11 Å². The summed E-state index contributed by atoms with van der Waals surface area (Å²) in [5, 5.41) is 11.4. The first-order valence-corrected chi connectivity index (χ1v) is 8.26. The lowest BCUT2D eigenvalue weighted by Gasteiger charge is -2.31. The lowest BCUT2D eigenvalue weighted by molar-refractivity contribution is 0.138. The normalized spacial score (nSPS) is 14.1. The van der Waals surface area contributed by atoms with Crippen LogP contribution in [0, 0.1) is 11.8 Å². The lowest BCUT2D eigenvalue weighted by Crippen LogP contribution is -2.29. The number of hydrogen-bond acceptors (Lipinski definition) is 2. The molecule has 0 atom stereocenters. The monoisotopic (exact) mass is 314 g/mol. The van der Waals surface area contributed by atoms with Gasteiger partial charge >= 0.3 is 0 Å². The molecule has 23 heavy (non-hydrogen) atoms. The molecule has 1 N–H and O–H groups in total. The maximum atomic E-state index is 11.4. The smallest absolute Gasteiger partial charge is 0.179 e. The molecular formula is C21H14OS. The van der Waals surface area contributed by atoms with Gasteiger partial charge in [-0.3, -0.25) is 0 Å². The fourth-order valence-electron chi connectivity index (χ4n) is 2.79. The van der Waals surface area contributed by atoms with Gasteiger partial charge in [0.05, 0.1) is 0 Å². The minimum absolute atomic E-state index is 0.854. The highest BCUT2D eigenvalue weighted by molar-refractivity contribution is 7.99. The minimum Gasteiger partial charge on any atom is -0.369 e. The summed E-state index contributed by atoms with van der Waals surface area (Å²) in [7, 11) is 0. The van der Waals surface area contributed by atoms with Crippen molar-refractivity contribution in [2.75, 3.05) is 0 Å². The van der Waals surface area contributed by atoms with Crippen LogP contribution < -0.4 is 0 Å². The maximum Gasteiger partial charge on any atom is 0.179 e. The Morgan fingerprint density at radius 1 is 0.696 bits per heavy atom. The van der Waals surface area contributed by atoms with Gasteiger partial charge in [0.2, 0.25) is 0 Å². The molecule has 1 aliphatic rings. The topological polar surface area (TPSA) is 20.2 Å². The van der Waals surface area contributed by atoms with Crippen molar-refractivity contribution in [3.05, 3.63) is 95.6 Å². The van der Waals surface area contributed by atoms with Gasteiger partial charge < -0.3 is 5.11 Å². The maximum absolute atomic E-state index is 11.4. The second kappa shape index (κ2) is 5.62. The molecule has 0 saturated heterocycles. The zero-order valence-electron chi connectivity index (χ0n) is 12.4. The van der Waals surface area contributed by atoms with E-state index in [2.05, 4.69) is 11.8 Å². The predicted molar refractivity (Wildman–Crippen MR) is 93.3 cm³/mol. The van der Waals surface area contributed by atoms with Crippen molar-refractivity contribution < 1.29 is 5.11 Å². The first kappa shape index (κ1) is 14.1. The van der Waals surface area contributed by atoms with Crippen molar-refractivity contribution in [2.24, 2.45) is 0 Å². The van der Waals surface area contributed by atoms with Crippen LogP contribution in [0.4, 0.5) is 0 Å². The first-order chi connectivity index (χ1) is 11.3. The average Bonchev–Trinajstić information content (AvgIpc) is 2.61. The standard InChI is InChI=1S/C21H14OS/c22-21(15-14-16-8-2-1-3-9-16)17-10-4-6-12-19(17)23-20-13-7-5-11-18(20)21/h1-13,22H. The molecule has 110 valence electrons. The minimum atomic E-state index is -1.28. The molecule has 1 heterocycles. The summed E-state index contributed by atoms with van der Waals surface area (Å²) in [6.45, 7) is 0. The summed E-state index contributed by atoms with van der Waals surface area (Å²) in [6.07, 6.45) is 0. The fraction of sp³-hybridized carbons (Fsp3) is 0.0476. The number of aliphatic hydroxyl groups is 1. The summed E-state index contributed by atoms with van der Waals surface area (Å²) in [5.74, 6) is 6.25. The largest absolute Gasteiger partial charge is 0.369 e. The van der Waals surface area contributed by atoms with Gasteiger partial charge in [0.1, 0.15) is 0 Å². The van der Waals surface area contributed by atoms with Gasteiger partial charge in [-0.15, -0.1) is 0 Å². The van der Waals surface area contributed by atoms with Crippen molar-refractivity contribution >= 4 is 11.8 Å². The van der Waals surface area contributed by atoms with Crippen LogP contribution in [0.1, 0.15) is 16.7 Å². The molecule has 0 aromatic heterocycles. The van der Waals surface area contributed by atoms with Gasteiger partial charge in [0, 0.05) is 26.5 Å². The summed E-state index contributed by atoms with van der Waals surface area (Å²) in [5.41, 5.74) is 1.32. The highest BCUT2D eigenvalue weighted by Crippen LogP contribution is 2.47. The van der Waals surface area contributed by atoms with E-state index in [0.717, 1.165) is 26.5 Å². The predicted octanol–water partition coefficient (Wildman–Crippen LogP) is 4.44. The third-order valence-electron chi connectivity index (χ3n) is 3.94. The lowest BCUT2D eigenvalue weighted by atomic mass is 9.86. The third-order valence-corrected chi connectivity index (χ3v) is 5.09. The van der Waals surface area contributed by atoms with Gasteiger partial charge in [-0.1, -0.05) is 78.2 Å². The number of hydrogen-bond donors (Lipinski definition) is 1. The van der Waals surface area contributed by atoms with Crippen molar-refractivity contribution in [3.8, 4) is 11.8 Å². The van der Waals surface area contributed by atoms with Crippen LogP contribution in [0.3, 0.4) is 0 Å². The van der Waals surface area contributed by atoms with E-state index in [0.29, 0.717) is 0 Å². The molecule has 3 aromatic rings. The molecule has 1 aliphatic heterocycles. The Morgan fingerprint density at radius 3 is 1.83 bits per heavy atom. The van der Waals surface area contributed by atoms with Crippen molar-refractivity contribution in [1.82, 2.24) is 0 Å². The number of rotatable bonds is 0. The second-order valence-corrected chi connectivity index (χ2v) is 6.50. The molecule has 1 nitrogen and oxygen atoms in total. The van der Waals surface area contributed by atoms with Crippen LogP contribution in [0.15, 0.2) is 88.7 Å². The molecule has 2 heteroatoms. The van der Waals surface area contributed by atoms with E-state index in [1.165, 1.54) is 0 Å². The Hall–Kier alpha value is -2.47. The summed E-state index contributed by atoms with van der Waals surface area (Å²) < 4.78 is 0. The van der Waals surface area contributed by atoms with Crippen LogP contribution in [-0.4, -0.2) is 5.11 Å². The summed E-state index contributed by atoms with van der Waals surface area (Å²) in [6, 6.07) is 25.6. The highest BCUT2D eigenvalue weighted by atomic mass is 32.2. The quantitative estimate of drug-likeness (QED) is 0.619. The van der Waals surface area contributed by atoms with Crippen LogP contribution in [0.25, 0.3) is 0 Å². The van der Waals surface area contributed by atoms with Crippen LogP contribution in [0.2, 0.25) is 0 Å². The number of fused-ring (bicyclic) bond motifs is 2. The van der Waals surface area contributed by atoms with E-state index in [1.807, 2.05) is 78.9 Å². The van der Waals surface area contributed by atoms with Gasteiger partial charge in [-0.05, 0) is 24.3 Å². The van der Waals surface area contributed by atoms with Gasteiger partial charge in [-0.2, -0.15) is 0 Å². The zero-order valence-corrected chi connectivity index (χ0v) is 13.2. The van der Waals surface area contributed by atoms with Crippen LogP contribution in [0.5, 0.6) is 0 Å². The highest BCUT2D eigenvalue weighted by Gasteiger charge is 2.37. The molecule has 0 aliphatic carbocycles. The zero-order chi connectivity index (χ0) is 15.7. The molecule has 0 fully saturated rings. The molecule has 0 amide bonds. The summed E-state index contributed by atoms with van der Waals surface area (Å²) >= 11 is 1.68. The first-order valence-electron chi connectivity index (χ1n) is 7.45. The van der Waals surface area contributed by atoms with E-state index >= 15 is 0 Å². The molecule has 0 spiro atoms. The van der Waals surface area contributed by atoms with Gasteiger partial charge in [0.25, 0.3) is 0 Å². The Balaban J connectivity index is 1.92. The van der Waals surface area contributed by atoms with E-state index < -0.39 is 5.60 Å². The molecule has 4 rings (SSSR count). The Bertz CT molecular complexity index is 874. The SMILES string of the molecule is OC1(C#Cc2ccccc2)c2ccccc2Sc2ccccc21. The Morgan fingerprint density at radius 2 is 1.22 bits per heavy atom. The molecular weight excluding hydrogens is 300 g/mol. The van der Waals surface area contributed by atoms with E-state index in [-0.39, 0.29) is 0 Å². The van der Waals surface area contributed by atoms with Crippen molar-refractivity contribution in [1.29, 1.82) is 0 Å². The summed E-state index contributed by atoms with van der Waals surface area (Å²) in [4.78, 5) is 2.10. The third kappa shape index (κ3) is 2.45. The molecule has 0 saturated carbocycles. The molecule has 0 radical (unpaired) electrons.